The molecular weight excluding hydrogens is 496 g/mol. The van der Waals surface area contributed by atoms with E-state index in [1.165, 1.54) is 56.2 Å². The maximum atomic E-state index is 13.5. The summed E-state index contributed by atoms with van der Waals surface area (Å²) in [6.45, 7) is -0.347. The third-order valence-corrected chi connectivity index (χ3v) is 10.6. The van der Waals surface area contributed by atoms with Crippen LogP contribution in [0.15, 0.2) is 83.8 Å². The number of nitrogens with one attached hydrogen (secondary N) is 1. The molecule has 7 rings (SSSR count). The van der Waals surface area contributed by atoms with Crippen LogP contribution in [0.1, 0.15) is 44.1 Å². The van der Waals surface area contributed by atoms with Crippen LogP contribution in [0.4, 0.5) is 11.4 Å². The number of anilines is 2. The molecule has 1 N–H and O–H groups in total. The lowest BCUT2D eigenvalue weighted by molar-refractivity contribution is -0.114. The Bertz CT molecular complexity index is 1370. The van der Waals surface area contributed by atoms with Gasteiger partial charge in [-0.1, -0.05) is 30.3 Å². The van der Waals surface area contributed by atoms with Gasteiger partial charge in [0.1, 0.15) is 12.3 Å². The van der Waals surface area contributed by atoms with Crippen molar-refractivity contribution in [3.8, 4) is 5.75 Å². The summed E-state index contributed by atoms with van der Waals surface area (Å²) in [5.41, 5.74) is 2.75. The van der Waals surface area contributed by atoms with Gasteiger partial charge in [-0.3, -0.25) is 9.10 Å². The molecule has 0 spiro atoms. The zero-order valence-corrected chi connectivity index (χ0v) is 22.5. The lowest BCUT2D eigenvalue weighted by atomic mass is 9.48. The van der Waals surface area contributed by atoms with E-state index >= 15 is 0 Å². The summed E-state index contributed by atoms with van der Waals surface area (Å²) in [5, 5.41) is 2.92. The molecule has 0 saturated heterocycles. The van der Waals surface area contributed by atoms with E-state index in [9.17, 15) is 13.2 Å². The molecule has 4 aliphatic rings. The number of nitrogens with zero attached hydrogens (tertiary/aromatic N) is 1. The standard InChI is InChI=1S/C31H34N2O4S/c1-37-28-13-11-27(12-14-28)33(38(35,36)29-5-3-2-4-6-29)21-30(34)32-26-9-7-25(8-10-26)31-18-22-15-23(19-31)17-24(16-22)20-31/h2-14,22-24H,15-21H2,1H3,(H,32,34). The highest BCUT2D eigenvalue weighted by Crippen LogP contribution is 2.60. The first-order valence-corrected chi connectivity index (χ1v) is 14.9. The third-order valence-electron chi connectivity index (χ3n) is 8.80. The van der Waals surface area contributed by atoms with Gasteiger partial charge in [0, 0.05) is 5.69 Å². The summed E-state index contributed by atoms with van der Waals surface area (Å²) in [6.07, 6.45) is 8.09. The molecule has 4 fully saturated rings. The van der Waals surface area contributed by atoms with E-state index in [-0.39, 0.29) is 11.4 Å². The van der Waals surface area contributed by atoms with Gasteiger partial charge in [0.05, 0.1) is 17.7 Å². The highest BCUT2D eigenvalue weighted by Gasteiger charge is 2.51. The quantitative estimate of drug-likeness (QED) is 0.388. The fourth-order valence-corrected chi connectivity index (χ4v) is 8.93. The number of carbonyl (C=O) groups is 1. The highest BCUT2D eigenvalue weighted by molar-refractivity contribution is 7.92. The minimum atomic E-state index is -3.96. The molecule has 4 aliphatic carbocycles. The summed E-state index contributed by atoms with van der Waals surface area (Å²) >= 11 is 0. The second kappa shape index (κ2) is 9.77. The van der Waals surface area contributed by atoms with Crippen molar-refractivity contribution in [2.75, 3.05) is 23.3 Å². The Balaban J connectivity index is 1.20. The Morgan fingerprint density at radius 3 is 2.00 bits per heavy atom. The summed E-state index contributed by atoms with van der Waals surface area (Å²) in [6, 6.07) is 23.1. The van der Waals surface area contributed by atoms with E-state index in [1.54, 1.807) is 49.6 Å². The highest BCUT2D eigenvalue weighted by atomic mass is 32.2. The van der Waals surface area contributed by atoms with E-state index < -0.39 is 15.9 Å². The Labute approximate surface area is 225 Å². The minimum absolute atomic E-state index is 0.128. The van der Waals surface area contributed by atoms with Gasteiger partial charge in [-0.25, -0.2) is 8.42 Å². The van der Waals surface area contributed by atoms with Crippen LogP contribution in [-0.4, -0.2) is 28.0 Å². The second-order valence-electron chi connectivity index (χ2n) is 11.3. The predicted molar refractivity (Wildman–Crippen MR) is 149 cm³/mol. The van der Waals surface area contributed by atoms with Crippen molar-refractivity contribution in [2.24, 2.45) is 17.8 Å². The average Bonchev–Trinajstić information content (AvgIpc) is 2.92. The lowest BCUT2D eigenvalue weighted by Crippen LogP contribution is -2.48. The molecule has 4 saturated carbocycles. The molecule has 0 radical (unpaired) electrons. The van der Waals surface area contributed by atoms with Crippen molar-refractivity contribution >= 4 is 27.3 Å². The molecule has 7 heteroatoms. The molecule has 0 unspecified atom stereocenters. The summed E-state index contributed by atoms with van der Waals surface area (Å²) < 4.78 is 33.4. The number of carbonyl (C=O) groups excluding carboxylic acids is 1. The first kappa shape index (κ1) is 25.0. The molecule has 1 amide bonds. The van der Waals surface area contributed by atoms with Crippen molar-refractivity contribution in [2.45, 2.75) is 48.8 Å². The van der Waals surface area contributed by atoms with Gasteiger partial charge in [0.25, 0.3) is 10.0 Å². The van der Waals surface area contributed by atoms with Gasteiger partial charge in [-0.05, 0) is 116 Å². The van der Waals surface area contributed by atoms with E-state index in [0.717, 1.165) is 22.1 Å². The Morgan fingerprint density at radius 1 is 0.868 bits per heavy atom. The molecule has 38 heavy (non-hydrogen) atoms. The largest absolute Gasteiger partial charge is 0.497 e. The molecule has 198 valence electrons. The van der Waals surface area contributed by atoms with E-state index in [2.05, 4.69) is 17.4 Å². The molecule has 3 aromatic carbocycles. The van der Waals surface area contributed by atoms with Crippen molar-refractivity contribution in [3.05, 3.63) is 84.4 Å². The summed E-state index contributed by atoms with van der Waals surface area (Å²) in [5.74, 6) is 2.82. The molecule has 0 atom stereocenters. The van der Waals surface area contributed by atoms with Crippen LogP contribution < -0.4 is 14.4 Å². The number of hydrogen-bond donors (Lipinski definition) is 1. The van der Waals surface area contributed by atoms with Gasteiger partial charge in [0.15, 0.2) is 0 Å². The van der Waals surface area contributed by atoms with Crippen LogP contribution in [0.2, 0.25) is 0 Å². The van der Waals surface area contributed by atoms with Crippen molar-refractivity contribution in [3.63, 3.8) is 0 Å². The number of benzene rings is 3. The van der Waals surface area contributed by atoms with E-state index in [4.69, 9.17) is 4.74 Å². The molecule has 0 aliphatic heterocycles. The average molecular weight is 531 g/mol. The van der Waals surface area contributed by atoms with Gasteiger partial charge in [0.2, 0.25) is 5.91 Å². The molecule has 4 bridgehead atoms. The number of hydrogen-bond acceptors (Lipinski definition) is 4. The maximum Gasteiger partial charge on any atom is 0.264 e. The first-order chi connectivity index (χ1) is 18.3. The molecule has 0 heterocycles. The topological polar surface area (TPSA) is 75.7 Å². The zero-order chi connectivity index (χ0) is 26.3. The fraction of sp³-hybridized carbons (Fsp3) is 0.387. The Hall–Kier alpha value is -3.32. The zero-order valence-electron chi connectivity index (χ0n) is 21.7. The summed E-state index contributed by atoms with van der Waals surface area (Å²) in [7, 11) is -2.41. The van der Waals surface area contributed by atoms with Gasteiger partial charge in [-0.2, -0.15) is 0 Å². The Kier molecular flexibility index (Phi) is 6.42. The number of methoxy groups -OCH3 is 1. The molecule has 0 aromatic heterocycles. The lowest BCUT2D eigenvalue weighted by Gasteiger charge is -2.57. The number of ether oxygens (including phenoxy) is 1. The third kappa shape index (κ3) is 4.68. The maximum absolute atomic E-state index is 13.5. The number of rotatable bonds is 8. The van der Waals surface area contributed by atoms with Gasteiger partial charge < -0.3 is 10.1 Å². The van der Waals surface area contributed by atoms with E-state index in [0.29, 0.717) is 22.5 Å². The number of amides is 1. The number of sulfonamides is 1. The van der Waals surface area contributed by atoms with Gasteiger partial charge >= 0.3 is 0 Å². The van der Waals surface area contributed by atoms with E-state index in [1.807, 2.05) is 12.1 Å². The van der Waals surface area contributed by atoms with Crippen LogP contribution in [0.25, 0.3) is 0 Å². The Morgan fingerprint density at radius 2 is 1.45 bits per heavy atom. The second-order valence-corrected chi connectivity index (χ2v) is 13.2. The summed E-state index contributed by atoms with van der Waals surface area (Å²) in [4.78, 5) is 13.3. The van der Waals surface area contributed by atoms with Crippen molar-refractivity contribution in [1.82, 2.24) is 0 Å². The first-order valence-electron chi connectivity index (χ1n) is 13.5. The van der Waals surface area contributed by atoms with Crippen LogP contribution in [0.3, 0.4) is 0 Å². The minimum Gasteiger partial charge on any atom is -0.497 e. The van der Waals surface area contributed by atoms with Crippen LogP contribution in [-0.2, 0) is 20.2 Å². The normalized spacial score (nSPS) is 25.7. The van der Waals surface area contributed by atoms with Gasteiger partial charge in [-0.15, -0.1) is 0 Å². The van der Waals surface area contributed by atoms with Crippen molar-refractivity contribution < 1.29 is 17.9 Å². The van der Waals surface area contributed by atoms with Crippen molar-refractivity contribution in [1.29, 1.82) is 0 Å². The SMILES string of the molecule is COc1ccc(N(CC(=O)Nc2ccc(C34CC5CC(CC(C5)C3)C4)cc2)S(=O)(=O)c2ccccc2)cc1. The molecule has 3 aromatic rings. The monoisotopic (exact) mass is 530 g/mol. The molecular formula is C31H34N2O4S. The fourth-order valence-electron chi connectivity index (χ4n) is 7.49. The predicted octanol–water partition coefficient (Wildman–Crippen LogP) is 6.00. The van der Waals surface area contributed by atoms with Crippen LogP contribution in [0, 0.1) is 17.8 Å². The van der Waals surface area contributed by atoms with Crippen LogP contribution >= 0.6 is 0 Å². The smallest absolute Gasteiger partial charge is 0.264 e. The van der Waals surface area contributed by atoms with Crippen LogP contribution in [0.5, 0.6) is 5.75 Å². The molecule has 6 nitrogen and oxygen atoms in total.